The zero-order valence-corrected chi connectivity index (χ0v) is 14.3. The summed E-state index contributed by atoms with van der Waals surface area (Å²) < 4.78 is 11.6. The number of hydrogen-bond donors (Lipinski definition) is 2. The third-order valence-corrected chi connectivity index (χ3v) is 3.82. The summed E-state index contributed by atoms with van der Waals surface area (Å²) >= 11 is 0. The highest BCUT2D eigenvalue weighted by atomic mass is 16.5. The number of nitrogens with one attached hydrogen (secondary N) is 1. The van der Waals surface area contributed by atoms with Crippen LogP contribution in [0, 0.1) is 0 Å². The van der Waals surface area contributed by atoms with Crippen LogP contribution < -0.4 is 10.3 Å². The van der Waals surface area contributed by atoms with Crippen molar-refractivity contribution in [3.63, 3.8) is 0 Å². The van der Waals surface area contributed by atoms with Crippen LogP contribution in [0.5, 0.6) is 11.6 Å². The lowest BCUT2D eigenvalue weighted by Gasteiger charge is -2.08. The molecule has 0 radical (unpaired) electrons. The first-order valence-corrected chi connectivity index (χ1v) is 8.28. The molecule has 26 heavy (non-hydrogen) atoms. The van der Waals surface area contributed by atoms with Gasteiger partial charge in [-0.05, 0) is 31.9 Å². The van der Waals surface area contributed by atoms with E-state index in [1.54, 1.807) is 6.92 Å². The van der Waals surface area contributed by atoms with Gasteiger partial charge < -0.3 is 19.6 Å². The molecule has 0 aliphatic rings. The number of carbonyl (C=O) groups is 1. The second kappa shape index (κ2) is 7.73. The molecule has 2 aromatic heterocycles. The third-order valence-electron chi connectivity index (χ3n) is 3.82. The van der Waals surface area contributed by atoms with Crippen LogP contribution in [0.3, 0.4) is 0 Å². The molecule has 0 fully saturated rings. The molecule has 2 N–H and O–H groups in total. The summed E-state index contributed by atoms with van der Waals surface area (Å²) in [4.78, 5) is 26.8. The highest BCUT2D eigenvalue weighted by Gasteiger charge is 2.19. The average Bonchev–Trinajstić information content (AvgIpc) is 3.06. The van der Waals surface area contributed by atoms with E-state index in [1.807, 2.05) is 30.3 Å². The predicted molar refractivity (Wildman–Crippen MR) is 93.7 cm³/mol. The minimum absolute atomic E-state index is 0.0956. The highest BCUT2D eigenvalue weighted by Crippen LogP contribution is 2.19. The van der Waals surface area contributed by atoms with E-state index in [9.17, 15) is 14.7 Å². The zero-order chi connectivity index (χ0) is 18.5. The molecular formula is C18H19N3O5. The SMILES string of the molecule is CCOC(=O)c1cnn2c(O)c(CCCOc3ccccc3)c(=O)[nH]c12. The molecular weight excluding hydrogens is 338 g/mol. The Bertz CT molecular complexity index is 962. The lowest BCUT2D eigenvalue weighted by Crippen LogP contribution is -2.18. The van der Waals surface area contributed by atoms with Crippen LogP contribution in [0.25, 0.3) is 5.65 Å². The van der Waals surface area contributed by atoms with E-state index in [2.05, 4.69) is 10.1 Å². The Labute approximate surface area is 149 Å². The van der Waals surface area contributed by atoms with Crippen molar-refractivity contribution in [2.24, 2.45) is 0 Å². The van der Waals surface area contributed by atoms with Gasteiger partial charge in [0.05, 0.1) is 25.0 Å². The number of aromatic hydroxyl groups is 1. The number of hydrogen-bond acceptors (Lipinski definition) is 6. The molecule has 0 atom stereocenters. The summed E-state index contributed by atoms with van der Waals surface area (Å²) in [6.07, 6.45) is 2.09. The summed E-state index contributed by atoms with van der Waals surface area (Å²) in [6.45, 7) is 2.28. The molecule has 0 amide bonds. The van der Waals surface area contributed by atoms with Gasteiger partial charge in [0.2, 0.25) is 5.88 Å². The fraction of sp³-hybridized carbons (Fsp3) is 0.278. The number of benzene rings is 1. The van der Waals surface area contributed by atoms with Gasteiger partial charge in [-0.3, -0.25) is 4.79 Å². The van der Waals surface area contributed by atoms with Crippen molar-refractivity contribution in [1.82, 2.24) is 14.6 Å². The van der Waals surface area contributed by atoms with Crippen LogP contribution in [0.15, 0.2) is 41.3 Å². The first-order chi connectivity index (χ1) is 12.6. The Hall–Kier alpha value is -3.29. The Kier molecular flexibility index (Phi) is 5.21. The summed E-state index contributed by atoms with van der Waals surface area (Å²) in [5.41, 5.74) is -0.0816. The monoisotopic (exact) mass is 357 g/mol. The predicted octanol–water partition coefficient (Wildman–Crippen LogP) is 1.92. The van der Waals surface area contributed by atoms with Crippen molar-refractivity contribution in [3.8, 4) is 11.6 Å². The maximum atomic E-state index is 12.3. The van der Waals surface area contributed by atoms with Gasteiger partial charge in [-0.15, -0.1) is 0 Å². The maximum Gasteiger partial charge on any atom is 0.343 e. The molecule has 136 valence electrons. The number of esters is 1. The van der Waals surface area contributed by atoms with Crippen molar-refractivity contribution in [3.05, 3.63) is 58.0 Å². The van der Waals surface area contributed by atoms with Gasteiger partial charge in [-0.1, -0.05) is 18.2 Å². The van der Waals surface area contributed by atoms with E-state index in [-0.39, 0.29) is 29.3 Å². The second-order valence-electron chi connectivity index (χ2n) is 5.56. The first-order valence-electron chi connectivity index (χ1n) is 8.28. The van der Waals surface area contributed by atoms with E-state index >= 15 is 0 Å². The minimum atomic E-state index is -0.610. The van der Waals surface area contributed by atoms with Crippen molar-refractivity contribution in [2.45, 2.75) is 19.8 Å². The van der Waals surface area contributed by atoms with E-state index < -0.39 is 11.5 Å². The van der Waals surface area contributed by atoms with Gasteiger partial charge in [0.25, 0.3) is 5.56 Å². The number of nitrogens with zero attached hydrogens (tertiary/aromatic N) is 2. The number of carbonyl (C=O) groups excluding carboxylic acids is 1. The fourth-order valence-corrected chi connectivity index (χ4v) is 2.58. The first kappa shape index (κ1) is 17.5. The lowest BCUT2D eigenvalue weighted by atomic mass is 10.2. The molecule has 0 saturated heterocycles. The Morgan fingerprint density at radius 1 is 1.31 bits per heavy atom. The molecule has 3 aromatic rings. The molecule has 0 saturated carbocycles. The molecule has 0 aliphatic carbocycles. The van der Waals surface area contributed by atoms with Crippen LogP contribution in [0.2, 0.25) is 0 Å². The van der Waals surface area contributed by atoms with Crippen LogP contribution in [0.4, 0.5) is 0 Å². The van der Waals surface area contributed by atoms with E-state index in [0.29, 0.717) is 19.4 Å². The largest absolute Gasteiger partial charge is 0.494 e. The standard InChI is InChI=1S/C18H19N3O5/c1-2-25-18(24)14-11-19-21-15(14)20-16(22)13(17(21)23)9-6-10-26-12-7-4-3-5-8-12/h3-5,7-8,11,23H,2,6,9-10H2,1H3,(H,20,22). The van der Waals surface area contributed by atoms with Crippen molar-refractivity contribution in [1.29, 1.82) is 0 Å². The third kappa shape index (κ3) is 3.53. The average molecular weight is 357 g/mol. The number of aromatic amines is 1. The van der Waals surface area contributed by atoms with Crippen LogP contribution in [0.1, 0.15) is 29.3 Å². The number of H-pyrrole nitrogens is 1. The Balaban J connectivity index is 1.75. The number of aromatic nitrogens is 3. The topological polar surface area (TPSA) is 106 Å². The van der Waals surface area contributed by atoms with Gasteiger partial charge in [0.1, 0.15) is 11.3 Å². The second-order valence-corrected chi connectivity index (χ2v) is 5.56. The van der Waals surface area contributed by atoms with Crippen molar-refractivity contribution < 1.29 is 19.4 Å². The van der Waals surface area contributed by atoms with Gasteiger partial charge in [-0.2, -0.15) is 9.61 Å². The molecule has 0 unspecified atom stereocenters. The normalized spacial score (nSPS) is 10.8. The number of fused-ring (bicyclic) bond motifs is 1. The molecule has 0 aliphatic heterocycles. The Morgan fingerprint density at radius 2 is 2.08 bits per heavy atom. The van der Waals surface area contributed by atoms with Gasteiger partial charge in [0.15, 0.2) is 5.65 Å². The summed E-state index contributed by atoms with van der Waals surface area (Å²) in [5, 5.41) is 14.3. The van der Waals surface area contributed by atoms with Crippen molar-refractivity contribution in [2.75, 3.05) is 13.2 Å². The summed E-state index contributed by atoms with van der Waals surface area (Å²) in [7, 11) is 0. The molecule has 1 aromatic carbocycles. The quantitative estimate of drug-likeness (QED) is 0.494. The highest BCUT2D eigenvalue weighted by molar-refractivity contribution is 5.95. The summed E-state index contributed by atoms with van der Waals surface area (Å²) in [6, 6.07) is 9.33. The van der Waals surface area contributed by atoms with Crippen LogP contribution in [-0.2, 0) is 11.2 Å². The number of rotatable bonds is 7. The molecule has 8 heteroatoms. The van der Waals surface area contributed by atoms with Crippen molar-refractivity contribution >= 4 is 11.6 Å². The molecule has 0 bridgehead atoms. The number of para-hydroxylation sites is 1. The van der Waals surface area contributed by atoms with Gasteiger partial charge >= 0.3 is 5.97 Å². The van der Waals surface area contributed by atoms with Gasteiger partial charge in [-0.25, -0.2) is 4.79 Å². The minimum Gasteiger partial charge on any atom is -0.494 e. The van der Waals surface area contributed by atoms with Crippen LogP contribution >= 0.6 is 0 Å². The van der Waals surface area contributed by atoms with E-state index in [1.165, 1.54) is 6.20 Å². The molecule has 8 nitrogen and oxygen atoms in total. The molecule has 3 rings (SSSR count). The molecule has 0 spiro atoms. The number of ether oxygens (including phenoxy) is 2. The zero-order valence-electron chi connectivity index (χ0n) is 14.3. The van der Waals surface area contributed by atoms with Gasteiger partial charge in [0, 0.05) is 0 Å². The van der Waals surface area contributed by atoms with Crippen LogP contribution in [-0.4, -0.2) is 38.9 Å². The summed E-state index contributed by atoms with van der Waals surface area (Å²) in [5.74, 6) is -0.159. The maximum absolute atomic E-state index is 12.3. The fourth-order valence-electron chi connectivity index (χ4n) is 2.58. The lowest BCUT2D eigenvalue weighted by molar-refractivity contribution is 0.0528. The Morgan fingerprint density at radius 3 is 2.81 bits per heavy atom. The van der Waals surface area contributed by atoms with E-state index in [0.717, 1.165) is 10.3 Å². The smallest absolute Gasteiger partial charge is 0.343 e. The van der Waals surface area contributed by atoms with E-state index in [4.69, 9.17) is 9.47 Å². The molecule has 2 heterocycles.